The van der Waals surface area contributed by atoms with Crippen LogP contribution in [0, 0.1) is 16.7 Å². The van der Waals surface area contributed by atoms with Gasteiger partial charge in [-0.1, -0.05) is 13.0 Å². The largest absolute Gasteiger partial charge is 0.497 e. The van der Waals surface area contributed by atoms with Crippen molar-refractivity contribution in [3.8, 4) is 5.75 Å². The Hall–Kier alpha value is -1.39. The summed E-state index contributed by atoms with van der Waals surface area (Å²) in [6.45, 7) is 3.21. The van der Waals surface area contributed by atoms with Gasteiger partial charge in [0, 0.05) is 12.0 Å². The van der Waals surface area contributed by atoms with Crippen molar-refractivity contribution in [3.05, 3.63) is 29.3 Å². The van der Waals surface area contributed by atoms with Crippen LogP contribution in [0.1, 0.15) is 75.3 Å². The van der Waals surface area contributed by atoms with Gasteiger partial charge in [0.05, 0.1) is 13.2 Å². The maximum atomic E-state index is 12.7. The molecule has 0 amide bonds. The summed E-state index contributed by atoms with van der Waals surface area (Å²) in [4.78, 5) is 12.7. The van der Waals surface area contributed by atoms with E-state index in [1.165, 1.54) is 23.8 Å². The van der Waals surface area contributed by atoms with E-state index in [0.717, 1.165) is 63.7 Å². The molecule has 1 aromatic rings. The lowest BCUT2D eigenvalue weighted by molar-refractivity contribution is -0.216. The van der Waals surface area contributed by atoms with Crippen LogP contribution in [0.4, 0.5) is 0 Å². The Labute approximate surface area is 174 Å². The lowest BCUT2D eigenvalue weighted by atomic mass is 9.48. The fourth-order valence-electron chi connectivity index (χ4n) is 7.25. The summed E-state index contributed by atoms with van der Waals surface area (Å²) in [5.74, 6) is 1.65. The van der Waals surface area contributed by atoms with Crippen LogP contribution in [0.2, 0.25) is 0 Å². The summed E-state index contributed by atoms with van der Waals surface area (Å²) in [6, 6.07) is 6.46. The molecular weight excluding hydrogens is 364 g/mol. The number of ether oxygens (including phenoxy) is 3. The van der Waals surface area contributed by atoms with Gasteiger partial charge in [-0.15, -0.1) is 0 Å². The first-order chi connectivity index (χ1) is 14.1. The van der Waals surface area contributed by atoms with Crippen LogP contribution in [0.5, 0.6) is 5.75 Å². The van der Waals surface area contributed by atoms with Crippen LogP contribution in [-0.2, 0) is 20.7 Å². The molecule has 0 spiro atoms. The van der Waals surface area contributed by atoms with Crippen LogP contribution >= 0.6 is 0 Å². The van der Waals surface area contributed by atoms with E-state index in [4.69, 9.17) is 14.2 Å². The fraction of sp³-hybridized carbons (Fsp3) is 0.720. The minimum Gasteiger partial charge on any atom is -0.497 e. The zero-order chi connectivity index (χ0) is 20.1. The number of hydrogen-bond donors (Lipinski definition) is 0. The van der Waals surface area contributed by atoms with E-state index in [-0.39, 0.29) is 23.2 Å². The number of aryl methyl sites for hydroxylation is 1. The molecule has 4 heteroatoms. The van der Waals surface area contributed by atoms with E-state index < -0.39 is 0 Å². The number of aldehydes is 1. The molecule has 0 bridgehead atoms. The molecule has 158 valence electrons. The van der Waals surface area contributed by atoms with Gasteiger partial charge in [-0.05, 0) is 98.3 Å². The van der Waals surface area contributed by atoms with Crippen LogP contribution in [0.15, 0.2) is 18.2 Å². The second kappa shape index (κ2) is 7.39. The van der Waals surface area contributed by atoms with E-state index in [1.54, 1.807) is 7.11 Å². The van der Waals surface area contributed by atoms with E-state index in [2.05, 4.69) is 25.1 Å². The van der Waals surface area contributed by atoms with Crippen molar-refractivity contribution in [3.63, 3.8) is 0 Å². The molecule has 4 aliphatic rings. The highest BCUT2D eigenvalue weighted by Gasteiger charge is 2.62. The zero-order valence-corrected chi connectivity index (χ0v) is 17.8. The summed E-state index contributed by atoms with van der Waals surface area (Å²) in [5, 5.41) is 0. The summed E-state index contributed by atoms with van der Waals surface area (Å²) in [6.07, 6.45) is 11.1. The summed E-state index contributed by atoms with van der Waals surface area (Å²) < 4.78 is 17.9. The van der Waals surface area contributed by atoms with Gasteiger partial charge in [-0.25, -0.2) is 0 Å². The first-order valence-corrected chi connectivity index (χ1v) is 11.5. The van der Waals surface area contributed by atoms with Crippen molar-refractivity contribution < 1.29 is 19.0 Å². The van der Waals surface area contributed by atoms with E-state index in [0.29, 0.717) is 11.8 Å². The first-order valence-electron chi connectivity index (χ1n) is 11.5. The summed E-state index contributed by atoms with van der Waals surface area (Å²) >= 11 is 0. The minimum absolute atomic E-state index is 0.0474. The molecule has 0 N–H and O–H groups in total. The topological polar surface area (TPSA) is 44.8 Å². The number of fused-ring (bicyclic) bond motifs is 5. The van der Waals surface area contributed by atoms with Crippen LogP contribution in [0.25, 0.3) is 0 Å². The maximum absolute atomic E-state index is 12.7. The SMILES string of the molecule is COc1ccc2c(c1)CC[C@]1(C=O)[C@@H]2CC[C@]2(C)[C@@H](OC3CCCCO3)CC[C@H]21. The predicted octanol–water partition coefficient (Wildman–Crippen LogP) is 5.03. The van der Waals surface area contributed by atoms with Gasteiger partial charge >= 0.3 is 0 Å². The third-order valence-electron chi connectivity index (χ3n) is 8.74. The van der Waals surface area contributed by atoms with E-state index >= 15 is 0 Å². The quantitative estimate of drug-likeness (QED) is 0.667. The number of methoxy groups -OCH3 is 1. The monoisotopic (exact) mass is 398 g/mol. The molecule has 3 aliphatic carbocycles. The lowest BCUT2D eigenvalue weighted by Gasteiger charge is -2.56. The average Bonchev–Trinajstić information content (AvgIpc) is 3.10. The van der Waals surface area contributed by atoms with Crippen LogP contribution < -0.4 is 4.74 Å². The van der Waals surface area contributed by atoms with E-state index in [9.17, 15) is 4.79 Å². The molecule has 2 saturated carbocycles. The molecule has 0 aromatic heterocycles. The van der Waals surface area contributed by atoms with Crippen LogP contribution in [-0.4, -0.2) is 32.4 Å². The normalized spacial score (nSPS) is 41.2. The molecule has 5 rings (SSSR count). The Morgan fingerprint density at radius 2 is 2.03 bits per heavy atom. The highest BCUT2D eigenvalue weighted by Crippen LogP contribution is 2.66. The predicted molar refractivity (Wildman–Crippen MR) is 111 cm³/mol. The number of carbonyl (C=O) groups excluding carboxylic acids is 1. The lowest BCUT2D eigenvalue weighted by Crippen LogP contribution is -2.53. The smallest absolute Gasteiger partial charge is 0.157 e. The molecule has 1 unspecified atom stereocenters. The van der Waals surface area contributed by atoms with Crippen molar-refractivity contribution in [2.45, 2.75) is 83.0 Å². The van der Waals surface area contributed by atoms with Gasteiger partial charge in [0.25, 0.3) is 0 Å². The van der Waals surface area contributed by atoms with Gasteiger partial charge in [-0.2, -0.15) is 0 Å². The standard InChI is InChI=1S/C25H34O4/c1-24-12-11-20-19-7-6-18(27-2)15-17(19)10-13-25(20,16-26)21(24)8-9-22(24)29-23-5-3-4-14-28-23/h6-7,15-16,20-23H,3-5,8-14H2,1-2H3/t20-,21-,22+,23?,24+,25+/m1/s1. The molecule has 4 nitrogen and oxygen atoms in total. The number of hydrogen-bond acceptors (Lipinski definition) is 4. The zero-order valence-electron chi connectivity index (χ0n) is 17.8. The van der Waals surface area contributed by atoms with Crippen molar-refractivity contribution >= 4 is 6.29 Å². The number of carbonyl (C=O) groups is 1. The van der Waals surface area contributed by atoms with Crippen molar-refractivity contribution in [1.29, 1.82) is 0 Å². The van der Waals surface area contributed by atoms with Gasteiger partial charge in [0.15, 0.2) is 6.29 Å². The Bertz CT molecular complexity index is 770. The maximum Gasteiger partial charge on any atom is 0.157 e. The molecule has 29 heavy (non-hydrogen) atoms. The highest BCUT2D eigenvalue weighted by atomic mass is 16.7. The minimum atomic E-state index is -0.250. The average molecular weight is 399 g/mol. The second-order valence-corrected chi connectivity index (χ2v) is 9.94. The third kappa shape index (κ3) is 2.97. The fourth-order valence-corrected chi connectivity index (χ4v) is 7.25. The Morgan fingerprint density at radius 3 is 2.79 bits per heavy atom. The molecule has 1 heterocycles. The molecule has 1 saturated heterocycles. The number of rotatable bonds is 4. The van der Waals surface area contributed by atoms with Crippen molar-refractivity contribution in [2.75, 3.05) is 13.7 Å². The Morgan fingerprint density at radius 1 is 1.14 bits per heavy atom. The number of benzene rings is 1. The van der Waals surface area contributed by atoms with Gasteiger partial charge in [0.2, 0.25) is 0 Å². The van der Waals surface area contributed by atoms with Gasteiger partial charge in [0.1, 0.15) is 12.0 Å². The Balaban J connectivity index is 1.44. The third-order valence-corrected chi connectivity index (χ3v) is 8.74. The van der Waals surface area contributed by atoms with Crippen LogP contribution in [0.3, 0.4) is 0 Å². The summed E-state index contributed by atoms with van der Waals surface area (Å²) in [5.41, 5.74) is 2.57. The molecule has 1 aliphatic heterocycles. The van der Waals surface area contributed by atoms with Gasteiger partial charge in [-0.3, -0.25) is 0 Å². The highest BCUT2D eigenvalue weighted by molar-refractivity contribution is 5.65. The van der Waals surface area contributed by atoms with Crippen molar-refractivity contribution in [2.24, 2.45) is 16.7 Å². The second-order valence-electron chi connectivity index (χ2n) is 9.94. The molecule has 0 radical (unpaired) electrons. The van der Waals surface area contributed by atoms with E-state index in [1.807, 2.05) is 0 Å². The Kier molecular flexibility index (Phi) is 4.98. The van der Waals surface area contributed by atoms with Gasteiger partial charge < -0.3 is 19.0 Å². The first kappa shape index (κ1) is 19.6. The summed E-state index contributed by atoms with van der Waals surface area (Å²) in [7, 11) is 1.72. The molecular formula is C25H34O4. The molecule has 6 atom stereocenters. The van der Waals surface area contributed by atoms with Crippen molar-refractivity contribution in [1.82, 2.24) is 0 Å². The molecule has 1 aromatic carbocycles. The molecule has 3 fully saturated rings.